The molecule has 2 heteroatoms. The summed E-state index contributed by atoms with van der Waals surface area (Å²) in [5.74, 6) is 0.639. The molecule has 2 rings (SSSR count). The normalized spacial score (nSPS) is 13.3. The Morgan fingerprint density at radius 2 is 1.64 bits per heavy atom. The molecule has 1 aromatic carbocycles. The maximum absolute atomic E-state index is 4.86. The van der Waals surface area contributed by atoms with E-state index in [4.69, 9.17) is 4.98 Å². The highest BCUT2D eigenvalue weighted by molar-refractivity contribution is 8.32. The molecule has 1 nitrogen and oxygen atoms in total. The van der Waals surface area contributed by atoms with Crippen molar-refractivity contribution in [2.24, 2.45) is 0 Å². The van der Waals surface area contributed by atoms with E-state index in [0.29, 0.717) is 5.92 Å². The summed E-state index contributed by atoms with van der Waals surface area (Å²) in [6.45, 7) is 11.5. The van der Waals surface area contributed by atoms with Gasteiger partial charge in [0.1, 0.15) is 0 Å². The molecule has 0 radical (unpaired) electrons. The number of aromatic nitrogens is 1. The highest BCUT2D eigenvalue weighted by Crippen LogP contribution is 2.50. The lowest BCUT2D eigenvalue weighted by Gasteiger charge is -2.33. The number of benzene rings is 1. The number of hydrogen-bond donors (Lipinski definition) is 0. The van der Waals surface area contributed by atoms with Crippen LogP contribution in [0.3, 0.4) is 0 Å². The third-order valence-corrected chi connectivity index (χ3v) is 6.62. The van der Waals surface area contributed by atoms with Gasteiger partial charge in [0.05, 0.1) is 5.69 Å². The topological polar surface area (TPSA) is 12.9 Å². The minimum atomic E-state index is -0.808. The molecule has 0 saturated carbocycles. The van der Waals surface area contributed by atoms with Gasteiger partial charge in [-0.15, -0.1) is 0 Å². The van der Waals surface area contributed by atoms with Crippen LogP contribution in [-0.2, 0) is 5.41 Å². The van der Waals surface area contributed by atoms with Crippen LogP contribution in [-0.4, -0.2) is 23.8 Å². The van der Waals surface area contributed by atoms with Crippen LogP contribution in [0.15, 0.2) is 41.4 Å². The van der Waals surface area contributed by atoms with Gasteiger partial charge in [0.25, 0.3) is 0 Å². The Labute approximate surface area is 156 Å². The van der Waals surface area contributed by atoms with Gasteiger partial charge in [-0.3, -0.25) is 4.98 Å². The lowest BCUT2D eigenvalue weighted by atomic mass is 9.86. The highest BCUT2D eigenvalue weighted by Gasteiger charge is 2.24. The molecule has 0 atom stereocenters. The largest absolute Gasteiger partial charge is 0.255 e. The quantitative estimate of drug-likeness (QED) is 0.561. The van der Waals surface area contributed by atoms with Gasteiger partial charge in [-0.1, -0.05) is 52.8 Å². The zero-order chi connectivity index (χ0) is 18.8. The Hall–Kier alpha value is -1.28. The van der Waals surface area contributed by atoms with Crippen molar-refractivity contribution < 1.29 is 0 Å². The predicted octanol–water partition coefficient (Wildman–Crippen LogP) is 7.00. The van der Waals surface area contributed by atoms with Crippen LogP contribution in [0.25, 0.3) is 11.3 Å². The van der Waals surface area contributed by atoms with Gasteiger partial charge in [-0.05, 0) is 66.2 Å². The maximum Gasteiger partial charge on any atom is 0.0705 e. The summed E-state index contributed by atoms with van der Waals surface area (Å²) in [5, 5.41) is 0. The van der Waals surface area contributed by atoms with Crippen LogP contribution in [0.2, 0.25) is 0 Å². The third kappa shape index (κ3) is 4.67. The molecule has 0 fully saturated rings. The van der Waals surface area contributed by atoms with Crippen LogP contribution in [0.5, 0.6) is 0 Å². The lowest BCUT2D eigenvalue weighted by molar-refractivity contribution is 0.576. The number of hydrogen-bond acceptors (Lipinski definition) is 1. The fraction of sp³-hybridized carbons (Fsp3) is 0.522. The minimum Gasteiger partial charge on any atom is -0.255 e. The van der Waals surface area contributed by atoms with Crippen LogP contribution in [0, 0.1) is 0 Å². The van der Waals surface area contributed by atoms with Gasteiger partial charge in [0, 0.05) is 16.7 Å². The van der Waals surface area contributed by atoms with E-state index in [1.165, 1.54) is 34.4 Å². The molecule has 0 unspecified atom stereocenters. The van der Waals surface area contributed by atoms with E-state index in [1.807, 2.05) is 0 Å². The van der Waals surface area contributed by atoms with Crippen molar-refractivity contribution in [1.29, 1.82) is 0 Å². The second-order valence-corrected chi connectivity index (χ2v) is 12.9. The molecule has 138 valence electrons. The Kier molecular flexibility index (Phi) is 6.04. The van der Waals surface area contributed by atoms with Gasteiger partial charge in [0.2, 0.25) is 0 Å². The van der Waals surface area contributed by atoms with Crippen molar-refractivity contribution in [3.05, 3.63) is 47.7 Å². The molecule has 1 heterocycles. The standard InChI is InChI=1S/C23H35NS/c1-9-17(10-2)18-12-11-13-19(14-18)21-15-20(23(3,4)5)22(16-24-21)25(6,7)8/h11-17H,9-10H2,1-8H3. The number of nitrogens with zero attached hydrogens (tertiary/aromatic N) is 1. The monoisotopic (exact) mass is 357 g/mol. The average Bonchev–Trinajstić information content (AvgIpc) is 2.54. The van der Waals surface area contributed by atoms with Crippen molar-refractivity contribution in [2.75, 3.05) is 18.8 Å². The molecular formula is C23H35NS. The molecule has 25 heavy (non-hydrogen) atoms. The van der Waals surface area contributed by atoms with Crippen molar-refractivity contribution in [3.8, 4) is 11.3 Å². The van der Waals surface area contributed by atoms with Crippen LogP contribution < -0.4 is 0 Å². The van der Waals surface area contributed by atoms with Crippen LogP contribution in [0.4, 0.5) is 0 Å². The SMILES string of the molecule is CCC(CC)c1cccc(-c2cc(C(C)(C)C)c(S(C)(C)C)cn2)c1. The van der Waals surface area contributed by atoms with Gasteiger partial charge in [-0.2, -0.15) is 0 Å². The first-order valence-electron chi connectivity index (χ1n) is 9.37. The van der Waals surface area contributed by atoms with Crippen molar-refractivity contribution in [1.82, 2.24) is 4.98 Å². The molecule has 1 aromatic heterocycles. The maximum atomic E-state index is 4.86. The van der Waals surface area contributed by atoms with Crippen molar-refractivity contribution in [2.45, 2.75) is 63.7 Å². The van der Waals surface area contributed by atoms with E-state index in [0.717, 1.165) is 5.69 Å². The van der Waals surface area contributed by atoms with E-state index >= 15 is 0 Å². The predicted molar refractivity (Wildman–Crippen MR) is 115 cm³/mol. The Morgan fingerprint density at radius 1 is 1.00 bits per heavy atom. The molecule has 0 bridgehead atoms. The molecule has 0 amide bonds. The number of rotatable bonds is 5. The van der Waals surface area contributed by atoms with Crippen LogP contribution >= 0.6 is 10.0 Å². The van der Waals surface area contributed by atoms with Crippen molar-refractivity contribution in [3.63, 3.8) is 0 Å². The van der Waals surface area contributed by atoms with E-state index in [-0.39, 0.29) is 5.41 Å². The minimum absolute atomic E-state index is 0.125. The molecule has 0 N–H and O–H groups in total. The first-order valence-corrected chi connectivity index (χ1v) is 12.2. The van der Waals surface area contributed by atoms with Gasteiger partial charge in [-0.25, -0.2) is 10.0 Å². The molecule has 0 saturated heterocycles. The molecule has 0 spiro atoms. The Morgan fingerprint density at radius 3 is 2.16 bits per heavy atom. The molecule has 0 aliphatic carbocycles. The van der Waals surface area contributed by atoms with E-state index in [1.54, 1.807) is 0 Å². The van der Waals surface area contributed by atoms with Crippen LogP contribution in [0.1, 0.15) is 64.5 Å². The van der Waals surface area contributed by atoms with Gasteiger partial charge in [0.15, 0.2) is 0 Å². The van der Waals surface area contributed by atoms with Gasteiger partial charge < -0.3 is 0 Å². The fourth-order valence-electron chi connectivity index (χ4n) is 3.39. The fourth-order valence-corrected chi connectivity index (χ4v) is 4.78. The average molecular weight is 358 g/mol. The zero-order valence-corrected chi connectivity index (χ0v) is 18.1. The van der Waals surface area contributed by atoms with E-state index in [9.17, 15) is 0 Å². The summed E-state index contributed by atoms with van der Waals surface area (Å²) in [4.78, 5) is 6.29. The highest BCUT2D eigenvalue weighted by atomic mass is 32.3. The molecule has 0 aliphatic heterocycles. The summed E-state index contributed by atoms with van der Waals surface area (Å²) in [5.41, 5.74) is 5.34. The molecule has 2 aromatic rings. The van der Waals surface area contributed by atoms with E-state index < -0.39 is 10.0 Å². The summed E-state index contributed by atoms with van der Waals surface area (Å²) >= 11 is 0. The summed E-state index contributed by atoms with van der Waals surface area (Å²) in [6.07, 6.45) is 11.6. The zero-order valence-electron chi connectivity index (χ0n) is 17.3. The second kappa shape index (κ2) is 7.53. The number of pyridine rings is 1. The lowest BCUT2D eigenvalue weighted by Crippen LogP contribution is -2.16. The van der Waals surface area contributed by atoms with E-state index in [2.05, 4.69) is 89.9 Å². The summed E-state index contributed by atoms with van der Waals surface area (Å²) < 4.78 is 0. The van der Waals surface area contributed by atoms with Gasteiger partial charge >= 0.3 is 0 Å². The molecular weight excluding hydrogens is 322 g/mol. The molecule has 0 aliphatic rings. The Bertz CT molecular complexity index is 716. The second-order valence-electron chi connectivity index (χ2n) is 8.79. The van der Waals surface area contributed by atoms with Crippen molar-refractivity contribution >= 4 is 10.0 Å². The third-order valence-electron chi connectivity index (χ3n) is 4.97. The Balaban J connectivity index is 2.56. The first kappa shape index (κ1) is 20.0. The summed E-state index contributed by atoms with van der Waals surface area (Å²) in [7, 11) is -0.808. The smallest absolute Gasteiger partial charge is 0.0705 e. The summed E-state index contributed by atoms with van der Waals surface area (Å²) in [6, 6.07) is 11.3. The first-order chi connectivity index (χ1) is 11.6.